The van der Waals surface area contributed by atoms with E-state index in [-0.39, 0.29) is 6.09 Å². The van der Waals surface area contributed by atoms with Crippen LogP contribution < -0.4 is 5.32 Å². The third-order valence-corrected chi connectivity index (χ3v) is 3.71. The summed E-state index contributed by atoms with van der Waals surface area (Å²) >= 11 is 0. The van der Waals surface area contributed by atoms with E-state index in [0.717, 1.165) is 24.9 Å². The topological polar surface area (TPSA) is 38.3 Å². The number of carbonyl (C=O) groups excluding carboxylic acids is 1. The first-order valence-corrected chi connectivity index (χ1v) is 7.01. The zero-order valence-corrected chi connectivity index (χ0v) is 11.3. The largest absolute Gasteiger partial charge is 0.445 e. The van der Waals surface area contributed by atoms with Crippen LogP contribution in [0.25, 0.3) is 0 Å². The molecule has 3 heteroatoms. The number of rotatable bonds is 4. The van der Waals surface area contributed by atoms with E-state index in [1.54, 1.807) is 0 Å². The molecule has 3 nitrogen and oxygen atoms in total. The van der Waals surface area contributed by atoms with Gasteiger partial charge in [-0.25, -0.2) is 4.79 Å². The monoisotopic (exact) mass is 260 g/mol. The highest BCUT2D eigenvalue weighted by molar-refractivity contribution is 5.67. The van der Waals surface area contributed by atoms with Crippen LogP contribution in [0.4, 0.5) is 4.79 Å². The smallest absolute Gasteiger partial charge is 0.407 e. The first-order chi connectivity index (χ1) is 9.24. The van der Waals surface area contributed by atoms with Crippen molar-refractivity contribution in [1.29, 1.82) is 0 Å². The lowest BCUT2D eigenvalue weighted by Gasteiger charge is -2.25. The molecular weight excluding hydrogens is 238 g/mol. The molecule has 1 aliphatic rings. The van der Waals surface area contributed by atoms with Crippen LogP contribution in [0, 0.1) is 18.8 Å². The van der Waals surface area contributed by atoms with Crippen LogP contribution in [-0.4, -0.2) is 12.6 Å². The molecule has 0 atom stereocenters. The molecule has 0 aromatic heterocycles. The van der Waals surface area contributed by atoms with Crippen LogP contribution in [0.1, 0.15) is 31.2 Å². The Hall–Kier alpha value is -1.51. The minimum atomic E-state index is -0.319. The van der Waals surface area contributed by atoms with Crippen LogP contribution in [0.15, 0.2) is 30.3 Å². The van der Waals surface area contributed by atoms with Gasteiger partial charge < -0.3 is 10.1 Å². The van der Waals surface area contributed by atoms with Gasteiger partial charge in [-0.15, -0.1) is 0 Å². The molecule has 0 bridgehead atoms. The summed E-state index contributed by atoms with van der Waals surface area (Å²) in [5, 5.41) is 2.86. The van der Waals surface area contributed by atoms with Gasteiger partial charge in [-0.3, -0.25) is 0 Å². The van der Waals surface area contributed by atoms with Gasteiger partial charge in [0.05, 0.1) is 0 Å². The third kappa shape index (κ3) is 4.93. The average Bonchev–Trinajstić information content (AvgIpc) is 2.45. The molecule has 0 heterocycles. The summed E-state index contributed by atoms with van der Waals surface area (Å²) in [6.45, 7) is 5.13. The Morgan fingerprint density at radius 1 is 1.21 bits per heavy atom. The number of carbonyl (C=O) groups is 1. The van der Waals surface area contributed by atoms with E-state index >= 15 is 0 Å². The van der Waals surface area contributed by atoms with Crippen molar-refractivity contribution in [2.45, 2.75) is 32.3 Å². The van der Waals surface area contributed by atoms with E-state index in [9.17, 15) is 4.79 Å². The molecular formula is C16H22NO2. The molecule has 1 aliphatic carbocycles. The average molecular weight is 260 g/mol. The molecule has 1 aromatic rings. The number of hydrogen-bond donors (Lipinski definition) is 1. The Morgan fingerprint density at radius 3 is 2.58 bits per heavy atom. The lowest BCUT2D eigenvalue weighted by atomic mass is 9.83. The molecule has 103 valence electrons. The fraction of sp³-hybridized carbons (Fsp3) is 0.500. The molecule has 1 saturated carbocycles. The van der Waals surface area contributed by atoms with Crippen LogP contribution >= 0.6 is 0 Å². The minimum Gasteiger partial charge on any atom is -0.445 e. The second-order valence-electron chi connectivity index (χ2n) is 5.33. The molecule has 2 rings (SSSR count). The van der Waals surface area contributed by atoms with Crippen LogP contribution in [0.3, 0.4) is 0 Å². The van der Waals surface area contributed by atoms with Crippen molar-refractivity contribution >= 4 is 6.09 Å². The Bertz CT molecular complexity index is 383. The van der Waals surface area contributed by atoms with E-state index < -0.39 is 0 Å². The number of alkyl carbamates (subject to hydrolysis) is 1. The van der Waals surface area contributed by atoms with Gasteiger partial charge in [0.25, 0.3) is 0 Å². The predicted octanol–water partition coefficient (Wildman–Crippen LogP) is 3.55. The fourth-order valence-electron chi connectivity index (χ4n) is 2.44. The van der Waals surface area contributed by atoms with Gasteiger partial charge in [-0.05, 0) is 30.2 Å². The van der Waals surface area contributed by atoms with Crippen molar-refractivity contribution in [3.63, 3.8) is 0 Å². The van der Waals surface area contributed by atoms with Crippen molar-refractivity contribution in [2.24, 2.45) is 11.8 Å². The molecule has 0 unspecified atom stereocenters. The molecule has 0 saturated heterocycles. The number of benzene rings is 1. The normalized spacial score (nSPS) is 22.8. The molecule has 19 heavy (non-hydrogen) atoms. The van der Waals surface area contributed by atoms with Crippen LogP contribution in [0.2, 0.25) is 0 Å². The Labute approximate surface area is 115 Å². The zero-order chi connectivity index (χ0) is 13.5. The lowest BCUT2D eigenvalue weighted by molar-refractivity contribution is 0.136. The van der Waals surface area contributed by atoms with Gasteiger partial charge in [-0.1, -0.05) is 50.1 Å². The van der Waals surface area contributed by atoms with E-state index in [4.69, 9.17) is 4.74 Å². The summed E-state index contributed by atoms with van der Waals surface area (Å²) < 4.78 is 5.18. The Kier molecular flexibility index (Phi) is 5.25. The second-order valence-corrected chi connectivity index (χ2v) is 5.33. The lowest BCUT2D eigenvalue weighted by Crippen LogP contribution is -2.31. The first kappa shape index (κ1) is 13.9. The Morgan fingerprint density at radius 2 is 1.89 bits per heavy atom. The maximum Gasteiger partial charge on any atom is 0.407 e. The molecule has 0 spiro atoms. The van der Waals surface area contributed by atoms with Crippen molar-refractivity contribution in [3.8, 4) is 0 Å². The minimum absolute atomic E-state index is 0.319. The Balaban J connectivity index is 1.62. The van der Waals surface area contributed by atoms with E-state index in [1.807, 2.05) is 30.3 Å². The highest BCUT2D eigenvalue weighted by Crippen LogP contribution is 2.27. The number of hydrogen-bond acceptors (Lipinski definition) is 2. The SMILES string of the molecule is [CH2][C@H]1CC[C@H](CNC(=O)OCc2ccccc2)CC1. The quantitative estimate of drug-likeness (QED) is 0.899. The number of nitrogens with one attached hydrogen (secondary N) is 1. The van der Waals surface area contributed by atoms with Crippen molar-refractivity contribution < 1.29 is 9.53 Å². The van der Waals surface area contributed by atoms with Crippen LogP contribution in [-0.2, 0) is 11.3 Å². The summed E-state index contributed by atoms with van der Waals surface area (Å²) in [5.41, 5.74) is 1.01. The van der Waals surface area contributed by atoms with Gasteiger partial charge in [0.15, 0.2) is 0 Å². The summed E-state index contributed by atoms with van der Waals surface area (Å²) in [6.07, 6.45) is 4.34. The summed E-state index contributed by atoms with van der Waals surface area (Å²) in [6, 6.07) is 9.72. The van der Waals surface area contributed by atoms with Crippen LogP contribution in [0.5, 0.6) is 0 Å². The molecule has 1 fully saturated rings. The molecule has 1 amide bonds. The van der Waals surface area contributed by atoms with Gasteiger partial charge >= 0.3 is 6.09 Å². The van der Waals surface area contributed by atoms with E-state index in [1.165, 1.54) is 12.8 Å². The molecule has 1 aromatic carbocycles. The number of ether oxygens (including phenoxy) is 1. The summed E-state index contributed by atoms with van der Waals surface area (Å²) in [5.74, 6) is 1.18. The highest BCUT2D eigenvalue weighted by atomic mass is 16.5. The van der Waals surface area contributed by atoms with Gasteiger partial charge in [0.2, 0.25) is 0 Å². The molecule has 1 radical (unpaired) electrons. The maximum atomic E-state index is 11.6. The maximum absolute atomic E-state index is 11.6. The third-order valence-electron chi connectivity index (χ3n) is 3.71. The molecule has 1 N–H and O–H groups in total. The highest BCUT2D eigenvalue weighted by Gasteiger charge is 2.18. The summed E-state index contributed by atoms with van der Waals surface area (Å²) in [7, 11) is 0. The summed E-state index contributed by atoms with van der Waals surface area (Å²) in [4.78, 5) is 11.6. The van der Waals surface area contributed by atoms with Crippen molar-refractivity contribution in [2.75, 3.05) is 6.54 Å². The fourth-order valence-corrected chi connectivity index (χ4v) is 2.44. The first-order valence-electron chi connectivity index (χ1n) is 7.01. The van der Waals surface area contributed by atoms with Gasteiger partial charge in [-0.2, -0.15) is 0 Å². The standard InChI is InChI=1S/C16H22NO2/c1-13-7-9-14(10-8-13)11-17-16(18)19-12-15-5-3-2-4-6-15/h2-6,13-14H,1,7-12H2,(H,17,18)/t13-,14-. The van der Waals surface area contributed by atoms with Gasteiger partial charge in [0, 0.05) is 6.54 Å². The predicted molar refractivity (Wildman–Crippen MR) is 75.4 cm³/mol. The van der Waals surface area contributed by atoms with Crippen molar-refractivity contribution in [1.82, 2.24) is 5.32 Å². The van der Waals surface area contributed by atoms with E-state index in [2.05, 4.69) is 12.2 Å². The second kappa shape index (κ2) is 7.17. The van der Waals surface area contributed by atoms with E-state index in [0.29, 0.717) is 18.4 Å². The molecule has 0 aliphatic heterocycles. The van der Waals surface area contributed by atoms with Gasteiger partial charge in [0.1, 0.15) is 6.61 Å². The van der Waals surface area contributed by atoms with Crippen molar-refractivity contribution in [3.05, 3.63) is 42.8 Å². The zero-order valence-electron chi connectivity index (χ0n) is 11.3. The number of amides is 1.